The predicted molar refractivity (Wildman–Crippen MR) is 77.1 cm³/mol. The maximum atomic E-state index is 13.4. The Labute approximate surface area is 128 Å². The van der Waals surface area contributed by atoms with Gasteiger partial charge < -0.3 is 4.74 Å². The van der Waals surface area contributed by atoms with Crippen LogP contribution in [0.1, 0.15) is 25.3 Å². The smallest absolute Gasteiger partial charge is 0.328 e. The lowest BCUT2D eigenvalue weighted by Gasteiger charge is -2.08. The van der Waals surface area contributed by atoms with Gasteiger partial charge in [0, 0.05) is 11.7 Å². The molecule has 0 radical (unpaired) electrons. The van der Waals surface area contributed by atoms with E-state index >= 15 is 0 Å². The average molecular weight is 325 g/mol. The Bertz CT molecular complexity index is 740. The van der Waals surface area contributed by atoms with Crippen molar-refractivity contribution in [3.8, 4) is 6.07 Å². The van der Waals surface area contributed by atoms with E-state index < -0.39 is 38.2 Å². The fourth-order valence-corrected chi connectivity index (χ4v) is 4.77. The lowest BCUT2D eigenvalue weighted by Crippen LogP contribution is -2.26. The molecular weight excluding hydrogens is 309 g/mol. The van der Waals surface area contributed by atoms with E-state index in [1.807, 2.05) is 6.07 Å². The minimum Gasteiger partial charge on any atom is -0.465 e. The van der Waals surface area contributed by atoms with Crippen LogP contribution in [0.3, 0.4) is 0 Å². The molecule has 0 amide bonds. The summed E-state index contributed by atoms with van der Waals surface area (Å²) >= 11 is 0. The van der Waals surface area contributed by atoms with Crippen LogP contribution in [0.25, 0.3) is 0 Å². The highest BCUT2D eigenvalue weighted by Gasteiger charge is 2.77. The largest absolute Gasteiger partial charge is 0.465 e. The first-order valence-electron chi connectivity index (χ1n) is 6.90. The summed E-state index contributed by atoms with van der Waals surface area (Å²) in [7, 11) is -3.66. The van der Waals surface area contributed by atoms with Crippen molar-refractivity contribution >= 4 is 15.8 Å². The number of rotatable bonds is 5. The summed E-state index contributed by atoms with van der Waals surface area (Å²) in [5.41, 5.74) is -1.48. The van der Waals surface area contributed by atoms with Crippen LogP contribution < -0.4 is 0 Å². The van der Waals surface area contributed by atoms with Gasteiger partial charge in [0.15, 0.2) is 15.3 Å². The van der Waals surface area contributed by atoms with Gasteiger partial charge in [-0.15, -0.1) is 0 Å². The second kappa shape index (κ2) is 5.69. The topological polar surface area (TPSA) is 84.2 Å². The number of benzene rings is 1. The highest BCUT2D eigenvalue weighted by Crippen LogP contribution is 2.63. The van der Waals surface area contributed by atoms with Crippen molar-refractivity contribution in [1.82, 2.24) is 0 Å². The Balaban J connectivity index is 2.55. The van der Waals surface area contributed by atoms with Gasteiger partial charge in [0.25, 0.3) is 0 Å². The van der Waals surface area contributed by atoms with Gasteiger partial charge in [-0.3, -0.25) is 4.79 Å². The molecule has 22 heavy (non-hydrogen) atoms. The van der Waals surface area contributed by atoms with Crippen LogP contribution in [0, 0.1) is 22.6 Å². The quantitative estimate of drug-likeness (QED) is 0.771. The lowest BCUT2D eigenvalue weighted by atomic mass is 10.0. The normalized spacial score (nSPS) is 27.0. The van der Waals surface area contributed by atoms with Gasteiger partial charge in [-0.25, -0.2) is 12.8 Å². The summed E-state index contributed by atoms with van der Waals surface area (Å²) in [6.07, 6.45) is 0. The maximum Gasteiger partial charge on any atom is 0.328 e. The molecular formula is C15H16FNO4S. The van der Waals surface area contributed by atoms with Gasteiger partial charge >= 0.3 is 5.97 Å². The number of carbonyl (C=O) groups is 1. The SMILES string of the molecule is CCOC(=O)[C@@]1(C#N)[C@H](S(=O)(=O)CC)[C@@H]1c1cccc(F)c1. The van der Waals surface area contributed by atoms with Crippen LogP contribution in [-0.2, 0) is 19.4 Å². The van der Waals surface area contributed by atoms with E-state index in [9.17, 15) is 22.9 Å². The Kier molecular flexibility index (Phi) is 4.25. The van der Waals surface area contributed by atoms with E-state index in [2.05, 4.69) is 0 Å². The molecule has 1 saturated carbocycles. The lowest BCUT2D eigenvalue weighted by molar-refractivity contribution is -0.147. The molecule has 1 aromatic carbocycles. The minimum absolute atomic E-state index is 0.0387. The van der Waals surface area contributed by atoms with E-state index in [0.29, 0.717) is 5.56 Å². The van der Waals surface area contributed by atoms with Gasteiger partial charge in [-0.05, 0) is 24.6 Å². The van der Waals surface area contributed by atoms with Crippen LogP contribution in [0.5, 0.6) is 0 Å². The highest BCUT2D eigenvalue weighted by molar-refractivity contribution is 7.92. The van der Waals surface area contributed by atoms with Crippen molar-refractivity contribution in [2.75, 3.05) is 12.4 Å². The molecule has 0 N–H and O–H groups in total. The van der Waals surface area contributed by atoms with Gasteiger partial charge in [-0.2, -0.15) is 5.26 Å². The zero-order valence-corrected chi connectivity index (χ0v) is 13.1. The highest BCUT2D eigenvalue weighted by atomic mass is 32.2. The van der Waals surface area contributed by atoms with Crippen LogP contribution in [0.2, 0.25) is 0 Å². The summed E-state index contributed by atoms with van der Waals surface area (Å²) in [5, 5.41) is 8.28. The molecule has 1 fully saturated rings. The zero-order chi connectivity index (χ0) is 16.5. The maximum absolute atomic E-state index is 13.4. The molecule has 0 bridgehead atoms. The summed E-state index contributed by atoms with van der Waals surface area (Å²) in [4.78, 5) is 12.2. The van der Waals surface area contributed by atoms with Crippen LogP contribution >= 0.6 is 0 Å². The molecule has 2 rings (SSSR count). The van der Waals surface area contributed by atoms with E-state index in [1.54, 1.807) is 6.92 Å². The summed E-state index contributed by atoms with van der Waals surface area (Å²) in [5.74, 6) is -2.52. The Morgan fingerprint density at radius 3 is 2.64 bits per heavy atom. The molecule has 3 atom stereocenters. The van der Waals surface area contributed by atoms with Crippen molar-refractivity contribution in [1.29, 1.82) is 5.26 Å². The molecule has 0 spiro atoms. The van der Waals surface area contributed by atoms with Crippen molar-refractivity contribution in [3.63, 3.8) is 0 Å². The third-order valence-corrected chi connectivity index (χ3v) is 6.15. The van der Waals surface area contributed by atoms with Gasteiger partial charge in [-0.1, -0.05) is 19.1 Å². The number of hydrogen-bond acceptors (Lipinski definition) is 5. The van der Waals surface area contributed by atoms with Gasteiger partial charge in [0.1, 0.15) is 11.1 Å². The number of sulfone groups is 1. The van der Waals surface area contributed by atoms with Crippen molar-refractivity contribution in [2.24, 2.45) is 5.41 Å². The number of halogens is 1. The number of esters is 1. The molecule has 7 heteroatoms. The summed E-state index contributed by atoms with van der Waals surface area (Å²) in [6.45, 7) is 3.06. The van der Waals surface area contributed by atoms with Gasteiger partial charge in [0.2, 0.25) is 0 Å². The third kappa shape index (κ3) is 2.37. The standard InChI is InChI=1S/C15H16FNO4S/c1-3-21-14(18)15(9-17)12(13(15)22(19,20)4-2)10-6-5-7-11(16)8-10/h5-8,12-13H,3-4H2,1-2H3/t12-,13+,15+/m0/s1. The van der Waals surface area contributed by atoms with Crippen molar-refractivity contribution in [3.05, 3.63) is 35.6 Å². The first-order valence-corrected chi connectivity index (χ1v) is 8.62. The average Bonchev–Trinajstić information content (AvgIpc) is 3.19. The van der Waals surface area contributed by atoms with E-state index in [0.717, 1.165) is 6.07 Å². The third-order valence-electron chi connectivity index (χ3n) is 3.93. The molecule has 1 aliphatic rings. The first-order chi connectivity index (χ1) is 10.3. The second-order valence-electron chi connectivity index (χ2n) is 5.11. The van der Waals surface area contributed by atoms with Crippen molar-refractivity contribution in [2.45, 2.75) is 25.0 Å². The number of nitrogens with zero attached hydrogens (tertiary/aromatic N) is 1. The predicted octanol–water partition coefficient (Wildman–Crippen LogP) is 1.80. The number of ether oxygens (including phenoxy) is 1. The molecule has 1 aliphatic carbocycles. The van der Waals surface area contributed by atoms with E-state index in [-0.39, 0.29) is 12.4 Å². The van der Waals surface area contributed by atoms with Crippen LogP contribution in [0.4, 0.5) is 4.39 Å². The minimum atomic E-state index is -3.66. The number of nitriles is 1. The first kappa shape index (κ1) is 16.4. The van der Waals surface area contributed by atoms with Crippen molar-refractivity contribution < 1.29 is 22.3 Å². The molecule has 5 nitrogen and oxygen atoms in total. The molecule has 0 aromatic heterocycles. The Morgan fingerprint density at radius 1 is 1.45 bits per heavy atom. The molecule has 0 unspecified atom stereocenters. The molecule has 1 aromatic rings. The zero-order valence-electron chi connectivity index (χ0n) is 12.2. The number of carbonyl (C=O) groups excluding carboxylic acids is 1. The number of hydrogen-bond donors (Lipinski definition) is 0. The molecule has 0 heterocycles. The fraction of sp³-hybridized carbons (Fsp3) is 0.467. The second-order valence-corrected chi connectivity index (χ2v) is 7.52. The monoisotopic (exact) mass is 325 g/mol. The molecule has 0 saturated heterocycles. The summed E-state index contributed by atoms with van der Waals surface area (Å²) < 4.78 is 42.8. The molecule has 0 aliphatic heterocycles. The summed E-state index contributed by atoms with van der Waals surface area (Å²) in [6, 6.07) is 7.13. The Hall–Kier alpha value is -1.94. The van der Waals surface area contributed by atoms with Gasteiger partial charge in [0.05, 0.1) is 12.7 Å². The van der Waals surface area contributed by atoms with E-state index in [1.165, 1.54) is 25.1 Å². The van der Waals surface area contributed by atoms with Crippen LogP contribution in [-0.4, -0.2) is 32.0 Å². The molecule has 118 valence electrons. The Morgan fingerprint density at radius 2 is 2.14 bits per heavy atom. The van der Waals surface area contributed by atoms with E-state index in [4.69, 9.17) is 4.74 Å². The van der Waals surface area contributed by atoms with Crippen LogP contribution in [0.15, 0.2) is 24.3 Å². The fourth-order valence-electron chi connectivity index (χ4n) is 2.84.